The first-order valence-corrected chi connectivity index (χ1v) is 10.4. The molecule has 168 valence electrons. The Kier molecular flexibility index (Phi) is 7.38. The number of hydrogen-bond donors (Lipinski definition) is 3. The summed E-state index contributed by atoms with van der Waals surface area (Å²) < 4.78 is 16.6. The number of alkyl halides is 1. The summed E-state index contributed by atoms with van der Waals surface area (Å²) in [5.41, 5.74) is 3.18. The van der Waals surface area contributed by atoms with Gasteiger partial charge in [0.25, 0.3) is 0 Å². The molecule has 3 N–H and O–H groups in total. The molecule has 32 heavy (non-hydrogen) atoms. The van der Waals surface area contributed by atoms with E-state index in [0.717, 1.165) is 11.1 Å². The Hall–Kier alpha value is -3.51. The molecule has 0 aliphatic heterocycles. The highest BCUT2D eigenvalue weighted by atomic mass is 35.5. The van der Waals surface area contributed by atoms with E-state index >= 15 is 0 Å². The van der Waals surface area contributed by atoms with Gasteiger partial charge >= 0.3 is 0 Å². The smallest absolute Gasteiger partial charge is 0.170 e. The molecule has 0 bridgehead atoms. The van der Waals surface area contributed by atoms with Crippen LogP contribution in [0.1, 0.15) is 6.92 Å². The van der Waals surface area contributed by atoms with E-state index in [2.05, 4.69) is 0 Å². The summed E-state index contributed by atoms with van der Waals surface area (Å²) in [5, 5.41) is 31.1. The van der Waals surface area contributed by atoms with E-state index in [1.807, 2.05) is 13.0 Å². The molecular weight excluding hydrogens is 432 g/mol. The van der Waals surface area contributed by atoms with Crippen LogP contribution in [0.15, 0.2) is 60.2 Å². The lowest BCUT2D eigenvalue weighted by atomic mass is 9.96. The fourth-order valence-electron chi connectivity index (χ4n) is 3.25. The van der Waals surface area contributed by atoms with Crippen molar-refractivity contribution < 1.29 is 29.5 Å². The number of allylic oxidation sites excluding steroid dienone is 1. The van der Waals surface area contributed by atoms with Crippen LogP contribution in [-0.4, -0.2) is 42.0 Å². The number of benzene rings is 3. The molecule has 0 aliphatic carbocycles. The minimum Gasteiger partial charge on any atom is -0.508 e. The largest absolute Gasteiger partial charge is 0.508 e. The minimum atomic E-state index is -0.135. The van der Waals surface area contributed by atoms with Gasteiger partial charge in [-0.15, -0.1) is 11.6 Å². The molecule has 3 rings (SSSR count). The van der Waals surface area contributed by atoms with Crippen molar-refractivity contribution in [3.05, 3.63) is 60.2 Å². The maximum Gasteiger partial charge on any atom is 0.170 e. The first-order chi connectivity index (χ1) is 15.4. The average Bonchev–Trinajstić information content (AvgIpc) is 2.79. The van der Waals surface area contributed by atoms with Crippen molar-refractivity contribution in [1.82, 2.24) is 0 Å². The Balaban J connectivity index is 2.04. The standard InChI is InChI=1S/C25H25ClO6/c1-15(14-26)10-11-32-21-9-6-17(12-20(21)28)23-22(30-2)13-19(25(31-3)24(23)29)16-4-7-18(27)8-5-16/h4-10,12-13,27-29H,11,14H2,1-3H3. The summed E-state index contributed by atoms with van der Waals surface area (Å²) in [6.45, 7) is 2.17. The third-order valence-electron chi connectivity index (χ3n) is 4.95. The normalized spacial score (nSPS) is 11.3. The number of ether oxygens (including phenoxy) is 3. The second kappa shape index (κ2) is 10.2. The van der Waals surface area contributed by atoms with E-state index in [1.54, 1.807) is 42.5 Å². The molecule has 0 unspecified atom stereocenters. The van der Waals surface area contributed by atoms with Crippen molar-refractivity contribution in [1.29, 1.82) is 0 Å². The number of hydrogen-bond acceptors (Lipinski definition) is 6. The van der Waals surface area contributed by atoms with Crippen molar-refractivity contribution in [2.45, 2.75) is 6.92 Å². The summed E-state index contributed by atoms with van der Waals surface area (Å²) >= 11 is 5.75. The molecule has 0 fully saturated rings. The number of phenols is 3. The number of methoxy groups -OCH3 is 2. The third kappa shape index (κ3) is 4.86. The van der Waals surface area contributed by atoms with Crippen molar-refractivity contribution in [2.75, 3.05) is 26.7 Å². The highest BCUT2D eigenvalue weighted by molar-refractivity contribution is 6.19. The Labute approximate surface area is 191 Å². The first-order valence-electron chi connectivity index (χ1n) is 9.84. The Morgan fingerprint density at radius 1 is 0.906 bits per heavy atom. The molecule has 0 spiro atoms. The number of rotatable bonds is 8. The fourth-order valence-corrected chi connectivity index (χ4v) is 3.36. The van der Waals surface area contributed by atoms with E-state index in [4.69, 9.17) is 25.8 Å². The maximum atomic E-state index is 11.1. The summed E-state index contributed by atoms with van der Waals surface area (Å²) in [4.78, 5) is 0. The molecule has 0 amide bonds. The predicted octanol–water partition coefficient (Wildman–Crippen LogP) is 5.72. The van der Waals surface area contributed by atoms with Gasteiger partial charge in [-0.2, -0.15) is 0 Å². The molecule has 0 heterocycles. The summed E-state index contributed by atoms with van der Waals surface area (Å²) in [7, 11) is 2.95. The fraction of sp³-hybridized carbons (Fsp3) is 0.200. The van der Waals surface area contributed by atoms with Crippen molar-refractivity contribution in [3.63, 3.8) is 0 Å². The van der Waals surface area contributed by atoms with Crippen LogP contribution in [0.4, 0.5) is 0 Å². The lowest BCUT2D eigenvalue weighted by Gasteiger charge is -2.18. The van der Waals surface area contributed by atoms with Crippen LogP contribution in [0.25, 0.3) is 22.3 Å². The van der Waals surface area contributed by atoms with Gasteiger partial charge in [0.1, 0.15) is 18.1 Å². The molecule has 3 aromatic rings. The molecule has 0 aromatic heterocycles. The Bertz CT molecular complexity index is 1120. The first kappa shape index (κ1) is 23.2. The summed E-state index contributed by atoms with van der Waals surface area (Å²) in [5.74, 6) is 1.26. The zero-order valence-corrected chi connectivity index (χ0v) is 18.8. The van der Waals surface area contributed by atoms with E-state index in [9.17, 15) is 15.3 Å². The second-order valence-electron chi connectivity index (χ2n) is 7.11. The molecule has 0 radical (unpaired) electrons. The topological polar surface area (TPSA) is 88.4 Å². The van der Waals surface area contributed by atoms with E-state index < -0.39 is 0 Å². The predicted molar refractivity (Wildman–Crippen MR) is 125 cm³/mol. The third-order valence-corrected chi connectivity index (χ3v) is 5.37. The van der Waals surface area contributed by atoms with Gasteiger partial charge in [-0.25, -0.2) is 0 Å². The molecule has 0 saturated heterocycles. The SMILES string of the molecule is COc1cc(-c2ccc(O)cc2)c(OC)c(O)c1-c1ccc(OCC=C(C)CCl)c(O)c1. The van der Waals surface area contributed by atoms with Gasteiger partial charge in [0.15, 0.2) is 23.0 Å². The Morgan fingerprint density at radius 2 is 1.59 bits per heavy atom. The van der Waals surface area contributed by atoms with Crippen LogP contribution in [0.2, 0.25) is 0 Å². The zero-order chi connectivity index (χ0) is 23.3. The molecule has 0 aliphatic rings. The van der Waals surface area contributed by atoms with Crippen molar-refractivity contribution >= 4 is 11.6 Å². The van der Waals surface area contributed by atoms with E-state index in [-0.39, 0.29) is 29.6 Å². The molecule has 0 atom stereocenters. The average molecular weight is 457 g/mol. The van der Waals surface area contributed by atoms with Crippen molar-refractivity contribution in [2.24, 2.45) is 0 Å². The summed E-state index contributed by atoms with van der Waals surface area (Å²) in [6.07, 6.45) is 1.84. The Morgan fingerprint density at radius 3 is 2.19 bits per heavy atom. The van der Waals surface area contributed by atoms with Crippen LogP contribution in [0.3, 0.4) is 0 Å². The highest BCUT2D eigenvalue weighted by Crippen LogP contribution is 2.50. The van der Waals surface area contributed by atoms with Gasteiger partial charge in [-0.1, -0.05) is 23.8 Å². The monoisotopic (exact) mass is 456 g/mol. The molecule has 7 heteroatoms. The maximum absolute atomic E-state index is 11.1. The van der Waals surface area contributed by atoms with Crippen LogP contribution in [0, 0.1) is 0 Å². The van der Waals surface area contributed by atoms with Crippen LogP contribution >= 0.6 is 11.6 Å². The second-order valence-corrected chi connectivity index (χ2v) is 7.37. The highest BCUT2D eigenvalue weighted by Gasteiger charge is 2.22. The van der Waals surface area contributed by atoms with Gasteiger partial charge in [-0.05, 0) is 54.5 Å². The van der Waals surface area contributed by atoms with E-state index in [1.165, 1.54) is 20.3 Å². The van der Waals surface area contributed by atoms with Crippen LogP contribution in [-0.2, 0) is 0 Å². The van der Waals surface area contributed by atoms with Gasteiger partial charge in [0.2, 0.25) is 0 Å². The molecule has 0 saturated carbocycles. The molecular formula is C25H25ClO6. The van der Waals surface area contributed by atoms with Gasteiger partial charge < -0.3 is 29.5 Å². The minimum absolute atomic E-state index is 0.0811. The van der Waals surface area contributed by atoms with Crippen LogP contribution < -0.4 is 14.2 Å². The molecule has 6 nitrogen and oxygen atoms in total. The number of halogens is 1. The quantitative estimate of drug-likeness (QED) is 0.297. The van der Waals surface area contributed by atoms with Gasteiger partial charge in [0, 0.05) is 11.4 Å². The number of aromatic hydroxyl groups is 3. The van der Waals surface area contributed by atoms with E-state index in [0.29, 0.717) is 34.1 Å². The lowest BCUT2D eigenvalue weighted by Crippen LogP contribution is -1.97. The van der Waals surface area contributed by atoms with Crippen LogP contribution in [0.5, 0.6) is 34.5 Å². The lowest BCUT2D eigenvalue weighted by molar-refractivity contribution is 0.335. The number of phenolic OH excluding ortho intramolecular Hbond substituents is 3. The van der Waals surface area contributed by atoms with Gasteiger partial charge in [0.05, 0.1) is 19.8 Å². The molecule has 3 aromatic carbocycles. The van der Waals surface area contributed by atoms with Gasteiger partial charge in [-0.3, -0.25) is 0 Å². The zero-order valence-electron chi connectivity index (χ0n) is 18.1. The summed E-state index contributed by atoms with van der Waals surface area (Å²) in [6, 6.07) is 13.1. The van der Waals surface area contributed by atoms with Crippen molar-refractivity contribution in [3.8, 4) is 56.8 Å².